The number of aromatic nitrogens is 3. The minimum atomic E-state index is -4.70. The minimum Gasteiger partial charge on any atom is -0.480 e. The average molecular weight is 374 g/mol. The van der Waals surface area contributed by atoms with Crippen molar-refractivity contribution < 1.29 is 17.9 Å². The normalized spacial score (nSPS) is 11.3. The van der Waals surface area contributed by atoms with Gasteiger partial charge in [0.25, 0.3) is 0 Å². The Morgan fingerprint density at radius 3 is 2.15 bits per heavy atom. The molecule has 0 bridgehead atoms. The van der Waals surface area contributed by atoms with Gasteiger partial charge in [-0.2, -0.15) is 18.2 Å². The fourth-order valence-corrected chi connectivity index (χ4v) is 2.42. The first kappa shape index (κ1) is 18.6. The number of halogens is 3. The first-order valence-electron chi connectivity index (χ1n) is 8.08. The van der Waals surface area contributed by atoms with Crippen LogP contribution in [0.1, 0.15) is 16.7 Å². The molecule has 8 heteroatoms. The molecule has 0 radical (unpaired) electrons. The summed E-state index contributed by atoms with van der Waals surface area (Å²) in [5.74, 6) is -0.922. The van der Waals surface area contributed by atoms with Gasteiger partial charge in [-0.25, -0.2) is 4.98 Å². The molecule has 2 heterocycles. The fraction of sp³-hybridized carbons (Fsp3) is 0.211. The maximum Gasteiger partial charge on any atom is 0.425 e. The average Bonchev–Trinajstić information content (AvgIpc) is 2.62. The van der Waals surface area contributed by atoms with Crippen LogP contribution in [0.5, 0.6) is 5.88 Å². The van der Waals surface area contributed by atoms with Gasteiger partial charge in [0.1, 0.15) is 5.69 Å². The Kier molecular flexibility index (Phi) is 4.98. The van der Waals surface area contributed by atoms with Crippen molar-refractivity contribution in [2.24, 2.45) is 0 Å². The van der Waals surface area contributed by atoms with Crippen LogP contribution in [0.15, 0.2) is 42.6 Å². The Morgan fingerprint density at radius 1 is 0.926 bits per heavy atom. The third-order valence-electron chi connectivity index (χ3n) is 3.81. The van der Waals surface area contributed by atoms with Gasteiger partial charge in [-0.3, -0.25) is 4.98 Å². The summed E-state index contributed by atoms with van der Waals surface area (Å²) in [6.45, 7) is 3.75. The highest BCUT2D eigenvalue weighted by Gasteiger charge is 2.40. The standard InChI is InChI=1S/C19H17F3N4O/c1-11-4-7-13(8-5-11)24-17-15(19(20,21)22)18(27-3)26-16(25-17)14-9-6-12(2)10-23-14/h4-10H,1-3H3,(H,24,25,26). The van der Waals surface area contributed by atoms with E-state index in [-0.39, 0.29) is 5.82 Å². The highest BCUT2D eigenvalue weighted by molar-refractivity contribution is 5.66. The summed E-state index contributed by atoms with van der Waals surface area (Å²) >= 11 is 0. The molecule has 3 aromatic rings. The highest BCUT2D eigenvalue weighted by Crippen LogP contribution is 2.41. The molecule has 0 amide bonds. The molecule has 2 aromatic heterocycles. The van der Waals surface area contributed by atoms with Gasteiger partial charge in [-0.15, -0.1) is 0 Å². The first-order valence-corrected chi connectivity index (χ1v) is 8.08. The summed E-state index contributed by atoms with van der Waals surface area (Å²) < 4.78 is 45.8. The number of nitrogens with zero attached hydrogens (tertiary/aromatic N) is 3. The minimum absolute atomic E-state index is 0.0365. The van der Waals surface area contributed by atoms with Crippen molar-refractivity contribution in [3.05, 3.63) is 59.3 Å². The molecule has 0 atom stereocenters. The topological polar surface area (TPSA) is 59.9 Å². The molecular weight excluding hydrogens is 357 g/mol. The second-order valence-corrected chi connectivity index (χ2v) is 5.99. The van der Waals surface area contributed by atoms with Crippen LogP contribution >= 0.6 is 0 Å². The molecule has 0 saturated heterocycles. The molecule has 5 nitrogen and oxygen atoms in total. The number of methoxy groups -OCH3 is 1. The number of nitrogens with one attached hydrogen (secondary N) is 1. The Balaban J connectivity index is 2.15. The number of ether oxygens (including phenoxy) is 1. The van der Waals surface area contributed by atoms with E-state index in [1.54, 1.807) is 42.6 Å². The molecule has 0 spiro atoms. The predicted octanol–water partition coefficient (Wildman–Crippen LogP) is 4.93. The second-order valence-electron chi connectivity index (χ2n) is 5.99. The SMILES string of the molecule is COc1nc(-c2ccc(C)cn2)nc(Nc2ccc(C)cc2)c1C(F)(F)F. The van der Waals surface area contributed by atoms with E-state index < -0.39 is 23.4 Å². The fourth-order valence-electron chi connectivity index (χ4n) is 2.42. The summed E-state index contributed by atoms with van der Waals surface area (Å²) in [4.78, 5) is 12.2. The lowest BCUT2D eigenvalue weighted by molar-refractivity contribution is -0.138. The van der Waals surface area contributed by atoms with E-state index in [4.69, 9.17) is 4.74 Å². The van der Waals surface area contributed by atoms with Crippen molar-refractivity contribution in [3.63, 3.8) is 0 Å². The second kappa shape index (κ2) is 7.22. The molecule has 1 N–H and O–H groups in total. The van der Waals surface area contributed by atoms with Crippen LogP contribution < -0.4 is 10.1 Å². The molecule has 1 aromatic carbocycles. The maximum atomic E-state index is 13.6. The number of anilines is 2. The van der Waals surface area contributed by atoms with Crippen LogP contribution in [0.25, 0.3) is 11.5 Å². The van der Waals surface area contributed by atoms with Gasteiger partial charge in [0, 0.05) is 11.9 Å². The third-order valence-corrected chi connectivity index (χ3v) is 3.81. The van der Waals surface area contributed by atoms with E-state index >= 15 is 0 Å². The molecule has 0 saturated carbocycles. The van der Waals surface area contributed by atoms with E-state index in [1.807, 2.05) is 13.8 Å². The molecule has 0 fully saturated rings. The van der Waals surface area contributed by atoms with Crippen LogP contribution in [-0.2, 0) is 6.18 Å². The molecule has 0 aliphatic carbocycles. The molecular formula is C19H17F3N4O. The lowest BCUT2D eigenvalue weighted by Gasteiger charge is -2.17. The number of hydrogen-bond donors (Lipinski definition) is 1. The van der Waals surface area contributed by atoms with E-state index in [9.17, 15) is 13.2 Å². The lowest BCUT2D eigenvalue weighted by Crippen LogP contribution is -2.15. The van der Waals surface area contributed by atoms with Crippen LogP contribution in [0.4, 0.5) is 24.7 Å². The maximum absolute atomic E-state index is 13.6. The zero-order chi connectivity index (χ0) is 19.6. The number of alkyl halides is 3. The highest BCUT2D eigenvalue weighted by atomic mass is 19.4. The van der Waals surface area contributed by atoms with Crippen LogP contribution in [0, 0.1) is 13.8 Å². The lowest BCUT2D eigenvalue weighted by atomic mass is 10.2. The Hall–Kier alpha value is -3.16. The summed E-state index contributed by atoms with van der Waals surface area (Å²) in [5.41, 5.74) is 1.65. The van der Waals surface area contributed by atoms with Crippen molar-refractivity contribution in [1.29, 1.82) is 0 Å². The van der Waals surface area contributed by atoms with E-state index in [1.165, 1.54) is 0 Å². The molecule has 0 aliphatic heterocycles. The Bertz CT molecular complexity index is 939. The van der Waals surface area contributed by atoms with Crippen LogP contribution in [-0.4, -0.2) is 22.1 Å². The van der Waals surface area contributed by atoms with Crippen molar-refractivity contribution in [2.75, 3.05) is 12.4 Å². The van der Waals surface area contributed by atoms with Gasteiger partial charge >= 0.3 is 6.18 Å². The summed E-state index contributed by atoms with van der Waals surface area (Å²) in [7, 11) is 1.14. The van der Waals surface area contributed by atoms with Gasteiger partial charge in [-0.05, 0) is 37.6 Å². The van der Waals surface area contributed by atoms with Crippen molar-refractivity contribution in [2.45, 2.75) is 20.0 Å². The zero-order valence-electron chi connectivity index (χ0n) is 14.9. The molecule has 3 rings (SSSR count). The van der Waals surface area contributed by atoms with Crippen LogP contribution in [0.3, 0.4) is 0 Å². The summed E-state index contributed by atoms with van der Waals surface area (Å²) in [5, 5.41) is 2.72. The number of hydrogen-bond acceptors (Lipinski definition) is 5. The summed E-state index contributed by atoms with van der Waals surface area (Å²) in [6, 6.07) is 10.4. The largest absolute Gasteiger partial charge is 0.480 e. The number of rotatable bonds is 4. The van der Waals surface area contributed by atoms with Crippen molar-refractivity contribution in [1.82, 2.24) is 15.0 Å². The molecule has 0 aliphatic rings. The van der Waals surface area contributed by atoms with E-state index in [0.29, 0.717) is 11.4 Å². The number of pyridine rings is 1. The van der Waals surface area contributed by atoms with Gasteiger partial charge in [0.15, 0.2) is 17.2 Å². The van der Waals surface area contributed by atoms with Gasteiger partial charge in [0.2, 0.25) is 5.88 Å². The zero-order valence-corrected chi connectivity index (χ0v) is 14.9. The van der Waals surface area contributed by atoms with Gasteiger partial charge in [-0.1, -0.05) is 23.8 Å². The molecule has 27 heavy (non-hydrogen) atoms. The third kappa shape index (κ3) is 4.16. The first-order chi connectivity index (χ1) is 12.8. The molecule has 140 valence electrons. The molecule has 0 unspecified atom stereocenters. The monoisotopic (exact) mass is 374 g/mol. The van der Waals surface area contributed by atoms with Crippen molar-refractivity contribution in [3.8, 4) is 17.4 Å². The number of benzene rings is 1. The van der Waals surface area contributed by atoms with E-state index in [0.717, 1.165) is 18.2 Å². The van der Waals surface area contributed by atoms with Crippen molar-refractivity contribution >= 4 is 11.5 Å². The van der Waals surface area contributed by atoms with Gasteiger partial charge < -0.3 is 10.1 Å². The summed E-state index contributed by atoms with van der Waals surface area (Å²) in [6.07, 6.45) is -3.10. The number of aryl methyl sites for hydroxylation is 2. The van der Waals surface area contributed by atoms with Gasteiger partial charge in [0.05, 0.1) is 7.11 Å². The smallest absolute Gasteiger partial charge is 0.425 e. The van der Waals surface area contributed by atoms with Crippen LogP contribution in [0.2, 0.25) is 0 Å². The van der Waals surface area contributed by atoms with E-state index in [2.05, 4.69) is 20.3 Å². The Morgan fingerprint density at radius 2 is 1.59 bits per heavy atom. The predicted molar refractivity (Wildman–Crippen MR) is 96.0 cm³/mol. The Labute approximate surface area is 154 Å². The quantitative estimate of drug-likeness (QED) is 0.702.